The molecular weight excluding hydrogens is 367 g/mol. The molecule has 10 heteroatoms. The van der Waals surface area contributed by atoms with Crippen LogP contribution in [0, 0.1) is 5.82 Å². The van der Waals surface area contributed by atoms with Crippen molar-refractivity contribution in [2.75, 3.05) is 0 Å². The second kappa shape index (κ2) is 6.45. The summed E-state index contributed by atoms with van der Waals surface area (Å²) in [6.45, 7) is 7.47. The standard InChI is InChI=1S/C17H17BF4N2O3/c1-15(2)16(3,4)27-18(26-15)10-5-6-12(11(19)9-10)25-14-23-8-7-13(24-14)17(20,21)22/h5-9H,1-4H3. The maximum absolute atomic E-state index is 14.4. The van der Waals surface area contributed by atoms with E-state index in [0.29, 0.717) is 11.5 Å². The molecular formula is C17H17BF4N2O3. The molecule has 144 valence electrons. The molecule has 0 aliphatic carbocycles. The molecule has 0 amide bonds. The molecule has 5 nitrogen and oxygen atoms in total. The van der Waals surface area contributed by atoms with Crippen molar-refractivity contribution in [3.05, 3.63) is 42.0 Å². The monoisotopic (exact) mass is 384 g/mol. The van der Waals surface area contributed by atoms with Gasteiger partial charge in [-0.05, 0) is 51.4 Å². The Balaban J connectivity index is 1.81. The van der Waals surface area contributed by atoms with Crippen molar-refractivity contribution >= 4 is 12.6 Å². The average molecular weight is 384 g/mol. The summed E-state index contributed by atoms with van der Waals surface area (Å²) >= 11 is 0. The zero-order valence-electron chi connectivity index (χ0n) is 15.1. The van der Waals surface area contributed by atoms with Crippen LogP contribution in [-0.2, 0) is 15.5 Å². The third-order valence-corrected chi connectivity index (χ3v) is 4.61. The van der Waals surface area contributed by atoms with Crippen LogP contribution in [0.1, 0.15) is 33.4 Å². The first kappa shape index (κ1) is 19.6. The minimum atomic E-state index is -4.65. The van der Waals surface area contributed by atoms with Crippen LogP contribution in [0.4, 0.5) is 17.6 Å². The summed E-state index contributed by atoms with van der Waals surface area (Å²) in [6, 6.07) is 4.01. The van der Waals surface area contributed by atoms with Crippen molar-refractivity contribution in [1.29, 1.82) is 0 Å². The Kier molecular flexibility index (Phi) is 4.67. The lowest BCUT2D eigenvalue weighted by Gasteiger charge is -2.32. The lowest BCUT2D eigenvalue weighted by atomic mass is 9.79. The molecule has 2 aromatic rings. The predicted octanol–water partition coefficient (Wildman–Crippen LogP) is 3.73. The zero-order chi connectivity index (χ0) is 20.0. The van der Waals surface area contributed by atoms with E-state index in [9.17, 15) is 17.6 Å². The van der Waals surface area contributed by atoms with Gasteiger partial charge in [0, 0.05) is 6.20 Å². The molecule has 0 bridgehead atoms. The number of ether oxygens (including phenoxy) is 1. The van der Waals surface area contributed by atoms with Gasteiger partial charge >= 0.3 is 19.3 Å². The number of hydrogen-bond acceptors (Lipinski definition) is 5. The molecule has 1 aromatic heterocycles. The fraction of sp³-hybridized carbons (Fsp3) is 0.412. The second-order valence-corrected chi connectivity index (χ2v) is 7.10. The highest BCUT2D eigenvalue weighted by Gasteiger charge is 2.51. The van der Waals surface area contributed by atoms with E-state index < -0.39 is 42.0 Å². The number of hydrogen-bond donors (Lipinski definition) is 0. The number of rotatable bonds is 3. The summed E-state index contributed by atoms with van der Waals surface area (Å²) in [5, 5.41) is 0. The molecule has 1 aromatic carbocycles. The molecule has 0 saturated carbocycles. The molecule has 0 N–H and O–H groups in total. The third kappa shape index (κ3) is 3.91. The van der Waals surface area contributed by atoms with Crippen LogP contribution in [0.5, 0.6) is 11.8 Å². The second-order valence-electron chi connectivity index (χ2n) is 7.10. The SMILES string of the molecule is CC1(C)OB(c2ccc(Oc3nccc(C(F)(F)F)n3)c(F)c2)OC1(C)C. The van der Waals surface area contributed by atoms with Crippen LogP contribution in [-0.4, -0.2) is 28.3 Å². The Hall–Kier alpha value is -2.20. The smallest absolute Gasteiger partial charge is 0.421 e. The molecule has 1 saturated heterocycles. The van der Waals surface area contributed by atoms with E-state index in [2.05, 4.69) is 9.97 Å². The topological polar surface area (TPSA) is 53.5 Å². The van der Waals surface area contributed by atoms with Crippen LogP contribution in [0.15, 0.2) is 30.5 Å². The minimum Gasteiger partial charge on any atom is -0.421 e. The van der Waals surface area contributed by atoms with E-state index in [1.165, 1.54) is 12.1 Å². The Morgan fingerprint density at radius 2 is 1.67 bits per heavy atom. The summed E-state index contributed by atoms with van der Waals surface area (Å²) in [5.74, 6) is -1.11. The molecule has 1 fully saturated rings. The summed E-state index contributed by atoms with van der Waals surface area (Å²) in [6.07, 6.45) is -3.76. The maximum atomic E-state index is 14.4. The number of halogens is 4. The van der Waals surface area contributed by atoms with Crippen molar-refractivity contribution in [3.8, 4) is 11.8 Å². The van der Waals surface area contributed by atoms with Crippen molar-refractivity contribution in [2.45, 2.75) is 45.1 Å². The molecule has 0 spiro atoms. The molecule has 27 heavy (non-hydrogen) atoms. The fourth-order valence-electron chi connectivity index (χ4n) is 2.37. The van der Waals surface area contributed by atoms with Gasteiger partial charge in [0.1, 0.15) is 0 Å². The lowest BCUT2D eigenvalue weighted by molar-refractivity contribution is -0.141. The van der Waals surface area contributed by atoms with E-state index >= 15 is 0 Å². The van der Waals surface area contributed by atoms with Crippen LogP contribution in [0.2, 0.25) is 0 Å². The highest BCUT2D eigenvalue weighted by molar-refractivity contribution is 6.62. The third-order valence-electron chi connectivity index (χ3n) is 4.61. The summed E-state index contributed by atoms with van der Waals surface area (Å²) < 4.78 is 69.2. The van der Waals surface area contributed by atoms with Gasteiger partial charge in [0.15, 0.2) is 17.3 Å². The van der Waals surface area contributed by atoms with Gasteiger partial charge in [0.2, 0.25) is 0 Å². The van der Waals surface area contributed by atoms with Gasteiger partial charge in [-0.1, -0.05) is 6.07 Å². The largest absolute Gasteiger partial charge is 0.494 e. The number of aromatic nitrogens is 2. The van der Waals surface area contributed by atoms with E-state index in [0.717, 1.165) is 12.3 Å². The van der Waals surface area contributed by atoms with Crippen molar-refractivity contribution in [1.82, 2.24) is 9.97 Å². The summed E-state index contributed by atoms with van der Waals surface area (Å²) in [4.78, 5) is 6.82. The summed E-state index contributed by atoms with van der Waals surface area (Å²) in [7, 11) is -0.775. The van der Waals surface area contributed by atoms with Gasteiger partial charge < -0.3 is 14.0 Å². The Bertz CT molecular complexity index is 842. The van der Waals surface area contributed by atoms with Crippen molar-refractivity contribution in [2.24, 2.45) is 0 Å². The van der Waals surface area contributed by atoms with Crippen molar-refractivity contribution in [3.63, 3.8) is 0 Å². The quantitative estimate of drug-likeness (QED) is 0.597. The zero-order valence-corrected chi connectivity index (χ0v) is 15.1. The Morgan fingerprint density at radius 3 is 2.22 bits per heavy atom. The van der Waals surface area contributed by atoms with Crippen LogP contribution >= 0.6 is 0 Å². The van der Waals surface area contributed by atoms with Crippen LogP contribution in [0.3, 0.4) is 0 Å². The van der Waals surface area contributed by atoms with Gasteiger partial charge in [0.05, 0.1) is 11.2 Å². The van der Waals surface area contributed by atoms with E-state index in [1.54, 1.807) is 0 Å². The lowest BCUT2D eigenvalue weighted by Crippen LogP contribution is -2.41. The van der Waals surface area contributed by atoms with Crippen LogP contribution in [0.25, 0.3) is 0 Å². The van der Waals surface area contributed by atoms with E-state index in [4.69, 9.17) is 14.0 Å². The number of benzene rings is 1. The molecule has 2 heterocycles. The van der Waals surface area contributed by atoms with Gasteiger partial charge in [-0.3, -0.25) is 0 Å². The van der Waals surface area contributed by atoms with E-state index in [-0.39, 0.29) is 5.75 Å². The first-order chi connectivity index (χ1) is 12.4. The molecule has 3 rings (SSSR count). The maximum Gasteiger partial charge on any atom is 0.494 e. The number of alkyl halides is 3. The molecule has 1 aliphatic rings. The van der Waals surface area contributed by atoms with Gasteiger partial charge in [-0.15, -0.1) is 0 Å². The fourth-order valence-corrected chi connectivity index (χ4v) is 2.37. The first-order valence-corrected chi connectivity index (χ1v) is 8.12. The molecule has 0 atom stereocenters. The van der Waals surface area contributed by atoms with Crippen LogP contribution < -0.4 is 10.2 Å². The van der Waals surface area contributed by atoms with Gasteiger partial charge in [-0.2, -0.15) is 18.2 Å². The highest BCUT2D eigenvalue weighted by atomic mass is 19.4. The minimum absolute atomic E-state index is 0.311. The molecule has 1 aliphatic heterocycles. The van der Waals surface area contributed by atoms with Gasteiger partial charge in [-0.25, -0.2) is 9.37 Å². The molecule has 0 unspecified atom stereocenters. The Labute approximate surface area is 153 Å². The first-order valence-electron chi connectivity index (χ1n) is 8.12. The predicted molar refractivity (Wildman–Crippen MR) is 89.2 cm³/mol. The summed E-state index contributed by atoms with van der Waals surface area (Å²) in [5.41, 5.74) is -1.94. The molecule has 0 radical (unpaired) electrons. The average Bonchev–Trinajstić information content (AvgIpc) is 2.77. The van der Waals surface area contributed by atoms with Gasteiger partial charge in [0.25, 0.3) is 0 Å². The van der Waals surface area contributed by atoms with Crippen molar-refractivity contribution < 1.29 is 31.6 Å². The highest BCUT2D eigenvalue weighted by Crippen LogP contribution is 2.36. The Morgan fingerprint density at radius 1 is 1.04 bits per heavy atom. The van der Waals surface area contributed by atoms with E-state index in [1.807, 2.05) is 27.7 Å². The number of nitrogens with zero attached hydrogens (tertiary/aromatic N) is 2. The normalized spacial score (nSPS) is 18.6.